The van der Waals surface area contributed by atoms with E-state index < -0.39 is 7.60 Å². The molecule has 0 rings (SSSR count). The fraction of sp³-hybridized carbons (Fsp3) is 1.00. The number of rotatable bonds is 31. The molecule has 0 aliphatic rings. The molecular formula is C32H67O3P. The minimum atomic E-state index is -3.77. The van der Waals surface area contributed by atoms with E-state index in [2.05, 4.69) is 6.92 Å². The first-order chi connectivity index (χ1) is 17.6. The molecular weight excluding hydrogens is 463 g/mol. The topological polar surface area (TPSA) is 57.5 Å². The van der Waals surface area contributed by atoms with Crippen LogP contribution in [0.15, 0.2) is 0 Å². The third-order valence-corrected chi connectivity index (χ3v) is 8.70. The molecule has 36 heavy (non-hydrogen) atoms. The summed E-state index contributed by atoms with van der Waals surface area (Å²) in [6.07, 6.45) is 41.3. The Hall–Kier alpha value is 0.150. The molecule has 0 aromatic rings. The molecule has 0 unspecified atom stereocenters. The van der Waals surface area contributed by atoms with Gasteiger partial charge in [-0.15, -0.1) is 0 Å². The molecule has 0 saturated heterocycles. The Balaban J connectivity index is 3.04. The maximum atomic E-state index is 10.8. The molecule has 0 saturated carbocycles. The van der Waals surface area contributed by atoms with E-state index in [4.69, 9.17) is 9.79 Å². The predicted octanol–water partition coefficient (Wildman–Crippen LogP) is 11.9. The van der Waals surface area contributed by atoms with Crippen LogP contribution in [0, 0.1) is 0 Å². The average molecular weight is 531 g/mol. The van der Waals surface area contributed by atoms with Gasteiger partial charge in [0.1, 0.15) is 0 Å². The second-order valence-electron chi connectivity index (χ2n) is 11.6. The SMILES string of the molecule is CCCCCCCCCCCCCCCCCCCCCCCCCCCCCCCCP(=O)(O)O. The summed E-state index contributed by atoms with van der Waals surface area (Å²) in [5, 5.41) is 0. The summed E-state index contributed by atoms with van der Waals surface area (Å²) in [4.78, 5) is 17.7. The van der Waals surface area contributed by atoms with Crippen LogP contribution in [0.4, 0.5) is 0 Å². The average Bonchev–Trinajstić information content (AvgIpc) is 2.84. The molecule has 0 aliphatic carbocycles. The summed E-state index contributed by atoms with van der Waals surface area (Å²) in [5.74, 6) is 0. The molecule has 0 radical (unpaired) electrons. The van der Waals surface area contributed by atoms with Crippen LogP contribution in [0.5, 0.6) is 0 Å². The highest BCUT2D eigenvalue weighted by atomic mass is 31.2. The zero-order chi connectivity index (χ0) is 26.4. The zero-order valence-electron chi connectivity index (χ0n) is 24.7. The summed E-state index contributed by atoms with van der Waals surface area (Å²) in [5.41, 5.74) is 0. The molecule has 2 N–H and O–H groups in total. The van der Waals surface area contributed by atoms with E-state index in [0.717, 1.165) is 12.8 Å². The molecule has 0 atom stereocenters. The fourth-order valence-electron chi connectivity index (χ4n) is 5.34. The Labute approximate surface area is 227 Å². The zero-order valence-corrected chi connectivity index (χ0v) is 25.6. The van der Waals surface area contributed by atoms with E-state index in [1.807, 2.05) is 0 Å². The van der Waals surface area contributed by atoms with Gasteiger partial charge in [0.25, 0.3) is 0 Å². The second-order valence-corrected chi connectivity index (χ2v) is 13.4. The van der Waals surface area contributed by atoms with Gasteiger partial charge in [-0.2, -0.15) is 0 Å². The molecule has 0 fully saturated rings. The van der Waals surface area contributed by atoms with Gasteiger partial charge in [0, 0.05) is 6.16 Å². The molecule has 218 valence electrons. The molecule has 0 amide bonds. The van der Waals surface area contributed by atoms with E-state index in [1.165, 1.54) is 173 Å². The minimum absolute atomic E-state index is 0.0620. The van der Waals surface area contributed by atoms with Crippen molar-refractivity contribution in [1.82, 2.24) is 0 Å². The third-order valence-electron chi connectivity index (χ3n) is 7.80. The van der Waals surface area contributed by atoms with Crippen LogP contribution < -0.4 is 0 Å². The van der Waals surface area contributed by atoms with E-state index in [1.54, 1.807) is 0 Å². The van der Waals surface area contributed by atoms with Crippen LogP contribution in [0.2, 0.25) is 0 Å². The Morgan fingerprint density at radius 3 is 0.667 bits per heavy atom. The van der Waals surface area contributed by atoms with Gasteiger partial charge < -0.3 is 9.79 Å². The third kappa shape index (κ3) is 34.1. The Morgan fingerprint density at radius 2 is 0.500 bits per heavy atom. The standard InChI is InChI=1S/C32H67O3P/c1-2-3-4-5-6-7-8-9-10-11-12-13-14-15-16-17-18-19-20-21-22-23-24-25-26-27-28-29-30-31-32-36(33,34)35/h2-32H2,1H3,(H2,33,34,35). The van der Waals surface area contributed by atoms with Crippen LogP contribution in [0.25, 0.3) is 0 Å². The van der Waals surface area contributed by atoms with E-state index >= 15 is 0 Å². The Morgan fingerprint density at radius 1 is 0.333 bits per heavy atom. The summed E-state index contributed by atoms with van der Waals surface area (Å²) in [6, 6.07) is 0. The molecule has 0 heterocycles. The van der Waals surface area contributed by atoms with Crippen molar-refractivity contribution in [3.63, 3.8) is 0 Å². The predicted molar refractivity (Wildman–Crippen MR) is 161 cm³/mol. The maximum Gasteiger partial charge on any atom is 0.325 e. The molecule has 0 aromatic carbocycles. The molecule has 3 nitrogen and oxygen atoms in total. The maximum absolute atomic E-state index is 10.8. The van der Waals surface area contributed by atoms with E-state index in [-0.39, 0.29) is 6.16 Å². The quantitative estimate of drug-likeness (QED) is 0.0692. The summed E-state index contributed by atoms with van der Waals surface area (Å²) in [7, 11) is -3.77. The van der Waals surface area contributed by atoms with Crippen molar-refractivity contribution in [3.8, 4) is 0 Å². The van der Waals surface area contributed by atoms with Crippen LogP contribution in [-0.2, 0) is 4.57 Å². The summed E-state index contributed by atoms with van der Waals surface area (Å²) in [6.45, 7) is 2.30. The smallest absolute Gasteiger partial charge is 0.324 e. The normalized spacial score (nSPS) is 12.0. The number of hydrogen-bond donors (Lipinski definition) is 2. The fourth-order valence-corrected chi connectivity index (χ4v) is 5.98. The molecule has 0 aliphatic heterocycles. The minimum Gasteiger partial charge on any atom is -0.324 e. The van der Waals surface area contributed by atoms with Crippen molar-refractivity contribution in [1.29, 1.82) is 0 Å². The van der Waals surface area contributed by atoms with E-state index in [0.29, 0.717) is 6.42 Å². The van der Waals surface area contributed by atoms with Crippen LogP contribution in [-0.4, -0.2) is 15.9 Å². The van der Waals surface area contributed by atoms with Crippen molar-refractivity contribution in [2.24, 2.45) is 0 Å². The van der Waals surface area contributed by atoms with Crippen molar-refractivity contribution >= 4 is 7.60 Å². The van der Waals surface area contributed by atoms with Crippen molar-refractivity contribution in [2.45, 2.75) is 200 Å². The number of hydrogen-bond acceptors (Lipinski definition) is 1. The highest BCUT2D eigenvalue weighted by molar-refractivity contribution is 7.51. The lowest BCUT2D eigenvalue weighted by Crippen LogP contribution is -1.88. The first-order valence-electron chi connectivity index (χ1n) is 16.6. The van der Waals surface area contributed by atoms with Gasteiger partial charge in [-0.05, 0) is 6.42 Å². The molecule has 0 spiro atoms. The largest absolute Gasteiger partial charge is 0.325 e. The lowest BCUT2D eigenvalue weighted by atomic mass is 10.0. The molecule has 0 bridgehead atoms. The van der Waals surface area contributed by atoms with Crippen molar-refractivity contribution in [2.75, 3.05) is 6.16 Å². The van der Waals surface area contributed by atoms with Gasteiger partial charge in [-0.3, -0.25) is 4.57 Å². The lowest BCUT2D eigenvalue weighted by molar-refractivity contribution is 0.370. The lowest BCUT2D eigenvalue weighted by Gasteiger charge is -2.05. The molecule has 4 heteroatoms. The molecule has 0 aromatic heterocycles. The van der Waals surface area contributed by atoms with Gasteiger partial charge in [0.2, 0.25) is 0 Å². The summed E-state index contributed by atoms with van der Waals surface area (Å²) < 4.78 is 10.8. The van der Waals surface area contributed by atoms with Gasteiger partial charge >= 0.3 is 7.60 Å². The Bertz CT molecular complexity index is 449. The number of unbranched alkanes of at least 4 members (excludes halogenated alkanes) is 29. The first-order valence-corrected chi connectivity index (χ1v) is 18.4. The summed E-state index contributed by atoms with van der Waals surface area (Å²) >= 11 is 0. The highest BCUT2D eigenvalue weighted by Crippen LogP contribution is 2.35. The van der Waals surface area contributed by atoms with Gasteiger partial charge in [0.15, 0.2) is 0 Å². The van der Waals surface area contributed by atoms with Gasteiger partial charge in [-0.25, -0.2) is 0 Å². The monoisotopic (exact) mass is 530 g/mol. The first kappa shape index (κ1) is 36.1. The van der Waals surface area contributed by atoms with E-state index in [9.17, 15) is 4.57 Å². The van der Waals surface area contributed by atoms with Crippen LogP contribution in [0.1, 0.15) is 200 Å². The second kappa shape index (κ2) is 29.7. The van der Waals surface area contributed by atoms with Crippen LogP contribution >= 0.6 is 7.60 Å². The van der Waals surface area contributed by atoms with Gasteiger partial charge in [0.05, 0.1) is 0 Å². The van der Waals surface area contributed by atoms with Crippen molar-refractivity contribution < 1.29 is 14.4 Å². The van der Waals surface area contributed by atoms with Crippen LogP contribution in [0.3, 0.4) is 0 Å². The Kier molecular flexibility index (Phi) is 29.8. The highest BCUT2D eigenvalue weighted by Gasteiger charge is 2.10. The van der Waals surface area contributed by atoms with Gasteiger partial charge in [-0.1, -0.05) is 193 Å². The van der Waals surface area contributed by atoms with Crippen molar-refractivity contribution in [3.05, 3.63) is 0 Å².